The summed E-state index contributed by atoms with van der Waals surface area (Å²) in [5.41, 5.74) is 1.12. The Kier molecular flexibility index (Phi) is 4.52. The molecule has 1 amide bonds. The van der Waals surface area contributed by atoms with Crippen LogP contribution in [-0.2, 0) is 9.59 Å². The highest BCUT2D eigenvalue weighted by atomic mass is 79.9. The lowest BCUT2D eigenvalue weighted by atomic mass is 10.0. The van der Waals surface area contributed by atoms with E-state index in [0.29, 0.717) is 18.8 Å². The summed E-state index contributed by atoms with van der Waals surface area (Å²) in [6.07, 6.45) is 0. The van der Waals surface area contributed by atoms with Gasteiger partial charge in [-0.2, -0.15) is 0 Å². The summed E-state index contributed by atoms with van der Waals surface area (Å²) in [6.45, 7) is 2.68. The van der Waals surface area contributed by atoms with Crippen LogP contribution >= 0.6 is 27.7 Å². The molecular weight excluding hydrogens is 330 g/mol. The van der Waals surface area contributed by atoms with Crippen LogP contribution in [0.25, 0.3) is 0 Å². The number of carboxylic acids is 1. The number of carbonyl (C=O) groups excluding carboxylic acids is 1. The summed E-state index contributed by atoms with van der Waals surface area (Å²) in [7, 11) is 0. The Hall–Kier alpha value is -1.01. The molecule has 19 heavy (non-hydrogen) atoms. The van der Waals surface area contributed by atoms with E-state index in [2.05, 4.69) is 15.9 Å². The van der Waals surface area contributed by atoms with Gasteiger partial charge in [-0.15, -0.1) is 11.8 Å². The summed E-state index contributed by atoms with van der Waals surface area (Å²) < 4.78 is 1.02. The first-order chi connectivity index (χ1) is 8.97. The van der Waals surface area contributed by atoms with E-state index in [9.17, 15) is 9.59 Å². The number of nitrogens with zero attached hydrogens (tertiary/aromatic N) is 1. The molecule has 2 rings (SSSR count). The first-order valence-corrected chi connectivity index (χ1v) is 7.65. The number of thioether (sulfide) groups is 1. The van der Waals surface area contributed by atoms with Gasteiger partial charge in [0.05, 0.1) is 11.7 Å². The first kappa shape index (κ1) is 14.4. The number of aliphatic carboxylic acids is 1. The summed E-state index contributed by atoms with van der Waals surface area (Å²) in [5, 5.41) is 8.76. The molecule has 1 heterocycles. The summed E-state index contributed by atoms with van der Waals surface area (Å²) in [6, 6.07) is 5.94. The SMILES string of the molecule is Cc1cc(Br)ccc1SCC(=O)N1CC(C(=O)O)C1. The minimum Gasteiger partial charge on any atom is -0.481 e. The Labute approximate surface area is 124 Å². The molecular formula is C13H14BrNO3S. The Morgan fingerprint density at radius 3 is 2.74 bits per heavy atom. The van der Waals surface area contributed by atoms with E-state index >= 15 is 0 Å². The molecule has 102 valence electrons. The highest BCUT2D eigenvalue weighted by Crippen LogP contribution is 2.26. The van der Waals surface area contributed by atoms with Crippen molar-refractivity contribution in [3.8, 4) is 0 Å². The van der Waals surface area contributed by atoms with Gasteiger partial charge in [0.1, 0.15) is 0 Å². The molecule has 1 aromatic carbocycles. The Morgan fingerprint density at radius 2 is 2.16 bits per heavy atom. The number of hydrogen-bond acceptors (Lipinski definition) is 3. The van der Waals surface area contributed by atoms with Crippen LogP contribution < -0.4 is 0 Å². The number of rotatable bonds is 4. The van der Waals surface area contributed by atoms with Gasteiger partial charge in [0.15, 0.2) is 0 Å². The number of carbonyl (C=O) groups is 2. The third-order valence-corrected chi connectivity index (χ3v) is 4.73. The fourth-order valence-corrected chi connectivity index (χ4v) is 3.23. The van der Waals surface area contributed by atoms with Crippen molar-refractivity contribution >= 4 is 39.6 Å². The predicted octanol–water partition coefficient (Wildman–Crippen LogP) is 2.39. The number of hydrogen-bond donors (Lipinski definition) is 1. The normalized spacial score (nSPS) is 15.2. The summed E-state index contributed by atoms with van der Waals surface area (Å²) >= 11 is 4.89. The zero-order valence-corrected chi connectivity index (χ0v) is 12.8. The smallest absolute Gasteiger partial charge is 0.310 e. The molecule has 0 radical (unpaired) electrons. The molecule has 4 nitrogen and oxygen atoms in total. The van der Waals surface area contributed by atoms with Crippen molar-refractivity contribution in [3.05, 3.63) is 28.2 Å². The molecule has 1 aromatic rings. The minimum atomic E-state index is -0.819. The van der Waals surface area contributed by atoms with Gasteiger partial charge in [0.25, 0.3) is 0 Å². The lowest BCUT2D eigenvalue weighted by molar-refractivity contribution is -0.151. The van der Waals surface area contributed by atoms with Gasteiger partial charge < -0.3 is 10.0 Å². The fourth-order valence-electron chi connectivity index (χ4n) is 1.84. The molecule has 1 N–H and O–H groups in total. The highest BCUT2D eigenvalue weighted by molar-refractivity contribution is 9.10. The van der Waals surface area contributed by atoms with Crippen LogP contribution in [0.4, 0.5) is 0 Å². The molecule has 0 aliphatic carbocycles. The Morgan fingerprint density at radius 1 is 1.47 bits per heavy atom. The van der Waals surface area contributed by atoms with Crippen LogP contribution in [0.2, 0.25) is 0 Å². The van der Waals surface area contributed by atoms with Crippen molar-refractivity contribution in [2.45, 2.75) is 11.8 Å². The number of likely N-dealkylation sites (tertiary alicyclic amines) is 1. The monoisotopic (exact) mass is 343 g/mol. The standard InChI is InChI=1S/C13H14BrNO3S/c1-8-4-10(14)2-3-11(8)19-7-12(16)15-5-9(6-15)13(17)18/h2-4,9H,5-7H2,1H3,(H,17,18). The molecule has 0 bridgehead atoms. The second-order valence-electron chi connectivity index (χ2n) is 4.53. The van der Waals surface area contributed by atoms with Gasteiger partial charge in [0, 0.05) is 22.5 Å². The maximum absolute atomic E-state index is 11.8. The highest BCUT2D eigenvalue weighted by Gasteiger charge is 2.35. The Bertz CT molecular complexity index is 515. The average Bonchev–Trinajstić information content (AvgIpc) is 2.25. The van der Waals surface area contributed by atoms with E-state index in [1.54, 1.807) is 4.90 Å². The van der Waals surface area contributed by atoms with Crippen molar-refractivity contribution in [1.82, 2.24) is 4.90 Å². The van der Waals surface area contributed by atoms with Crippen LogP contribution in [0.5, 0.6) is 0 Å². The van der Waals surface area contributed by atoms with E-state index in [-0.39, 0.29) is 11.8 Å². The van der Waals surface area contributed by atoms with Gasteiger partial charge in [-0.25, -0.2) is 0 Å². The number of carboxylic acid groups (broad SMARTS) is 1. The number of benzene rings is 1. The number of halogens is 1. The van der Waals surface area contributed by atoms with Gasteiger partial charge in [-0.3, -0.25) is 9.59 Å². The van der Waals surface area contributed by atoms with Crippen molar-refractivity contribution in [2.75, 3.05) is 18.8 Å². The van der Waals surface area contributed by atoms with E-state index < -0.39 is 5.97 Å². The van der Waals surface area contributed by atoms with E-state index in [1.165, 1.54) is 11.8 Å². The summed E-state index contributed by atoms with van der Waals surface area (Å²) in [5.74, 6) is -0.844. The van der Waals surface area contributed by atoms with E-state index in [1.807, 2.05) is 25.1 Å². The number of amides is 1. The van der Waals surface area contributed by atoms with Crippen LogP contribution in [0.15, 0.2) is 27.6 Å². The molecule has 0 spiro atoms. The minimum absolute atomic E-state index is 0.00446. The van der Waals surface area contributed by atoms with Gasteiger partial charge >= 0.3 is 5.97 Å². The molecule has 1 fully saturated rings. The van der Waals surface area contributed by atoms with Crippen molar-refractivity contribution in [3.63, 3.8) is 0 Å². The molecule has 6 heteroatoms. The Balaban J connectivity index is 1.83. The molecule has 0 aromatic heterocycles. The van der Waals surface area contributed by atoms with Crippen molar-refractivity contribution in [2.24, 2.45) is 5.92 Å². The van der Waals surface area contributed by atoms with Gasteiger partial charge in [0.2, 0.25) is 5.91 Å². The lowest BCUT2D eigenvalue weighted by Crippen LogP contribution is -2.53. The second kappa shape index (κ2) is 5.96. The van der Waals surface area contributed by atoms with Crippen LogP contribution in [0.1, 0.15) is 5.56 Å². The fraction of sp³-hybridized carbons (Fsp3) is 0.385. The predicted molar refractivity (Wildman–Crippen MR) is 77.3 cm³/mol. The molecule has 1 saturated heterocycles. The molecule has 1 aliphatic rings. The van der Waals surface area contributed by atoms with E-state index in [0.717, 1.165) is 14.9 Å². The van der Waals surface area contributed by atoms with Crippen LogP contribution in [0, 0.1) is 12.8 Å². The van der Waals surface area contributed by atoms with Crippen molar-refractivity contribution < 1.29 is 14.7 Å². The molecule has 1 aliphatic heterocycles. The van der Waals surface area contributed by atoms with E-state index in [4.69, 9.17) is 5.11 Å². The third kappa shape index (κ3) is 3.51. The lowest BCUT2D eigenvalue weighted by Gasteiger charge is -2.36. The molecule has 0 unspecified atom stereocenters. The molecule has 0 saturated carbocycles. The third-order valence-electron chi connectivity index (χ3n) is 3.07. The topological polar surface area (TPSA) is 57.6 Å². The van der Waals surface area contributed by atoms with Gasteiger partial charge in [-0.1, -0.05) is 15.9 Å². The van der Waals surface area contributed by atoms with Crippen LogP contribution in [-0.4, -0.2) is 40.7 Å². The summed E-state index contributed by atoms with van der Waals surface area (Å²) in [4.78, 5) is 25.2. The van der Waals surface area contributed by atoms with Crippen LogP contribution in [0.3, 0.4) is 0 Å². The quantitative estimate of drug-likeness (QED) is 0.853. The first-order valence-electron chi connectivity index (χ1n) is 5.87. The zero-order valence-electron chi connectivity index (χ0n) is 10.4. The zero-order chi connectivity index (χ0) is 14.0. The maximum atomic E-state index is 11.8. The van der Waals surface area contributed by atoms with Gasteiger partial charge in [-0.05, 0) is 30.7 Å². The molecule has 0 atom stereocenters. The average molecular weight is 344 g/mol. The maximum Gasteiger partial charge on any atom is 0.310 e. The second-order valence-corrected chi connectivity index (χ2v) is 6.47. The number of aryl methyl sites for hydroxylation is 1. The largest absolute Gasteiger partial charge is 0.481 e. The van der Waals surface area contributed by atoms with Crippen molar-refractivity contribution in [1.29, 1.82) is 0 Å².